The molecule has 1 aliphatic rings. The van der Waals surface area contributed by atoms with E-state index in [1.165, 1.54) is 0 Å². The van der Waals surface area contributed by atoms with Crippen LogP contribution >= 0.6 is 0 Å². The van der Waals surface area contributed by atoms with Gasteiger partial charge in [0.1, 0.15) is 12.4 Å². The zero-order chi connectivity index (χ0) is 18.2. The number of hydrogen-bond donors (Lipinski definition) is 1. The summed E-state index contributed by atoms with van der Waals surface area (Å²) in [5.74, 6) is 0.821. The van der Waals surface area contributed by atoms with Crippen LogP contribution < -0.4 is 15.9 Å². The van der Waals surface area contributed by atoms with Crippen molar-refractivity contribution >= 4 is 18.3 Å². The Labute approximate surface area is 150 Å². The lowest BCUT2D eigenvalue weighted by atomic mass is 9.79. The fourth-order valence-corrected chi connectivity index (χ4v) is 2.65. The van der Waals surface area contributed by atoms with Crippen molar-refractivity contribution in [3.05, 3.63) is 53.6 Å². The summed E-state index contributed by atoms with van der Waals surface area (Å²) in [4.78, 5) is 0. The van der Waals surface area contributed by atoms with E-state index in [9.17, 15) is 0 Å². The number of hydrogen-bond acceptors (Lipinski definition) is 4. The molecule has 3 rings (SSSR count). The molecule has 5 heteroatoms. The molecule has 4 nitrogen and oxygen atoms in total. The molecule has 1 fully saturated rings. The van der Waals surface area contributed by atoms with Crippen molar-refractivity contribution in [2.24, 2.45) is 0 Å². The summed E-state index contributed by atoms with van der Waals surface area (Å²) in [7, 11) is -0.334. The Bertz CT molecular complexity index is 740. The Kier molecular flexibility index (Phi) is 4.56. The number of anilines is 1. The van der Waals surface area contributed by atoms with Crippen LogP contribution in [0.25, 0.3) is 0 Å². The van der Waals surface area contributed by atoms with Crippen LogP contribution in [0.4, 0.5) is 5.69 Å². The van der Waals surface area contributed by atoms with Gasteiger partial charge in [0.2, 0.25) is 0 Å². The summed E-state index contributed by atoms with van der Waals surface area (Å²) in [6.07, 6.45) is 0. The van der Waals surface area contributed by atoms with Gasteiger partial charge < -0.3 is 19.8 Å². The van der Waals surface area contributed by atoms with E-state index in [-0.39, 0.29) is 18.3 Å². The standard InChI is InChI=1S/C20H26BNO3/c1-14-12-17(10-11-18(14)22)23-13-15-6-8-16(9-7-15)21-24-19(2,3)20(4,5)25-21/h6-12H,13,22H2,1-5H3. The SMILES string of the molecule is Cc1cc(OCc2ccc(B3OC(C)(C)C(C)(C)O3)cc2)ccc1N. The van der Waals surface area contributed by atoms with Gasteiger partial charge in [-0.25, -0.2) is 0 Å². The molecule has 0 saturated carbocycles. The van der Waals surface area contributed by atoms with E-state index in [1.807, 2.05) is 49.4 Å². The van der Waals surface area contributed by atoms with Crippen LogP contribution in [0, 0.1) is 6.92 Å². The van der Waals surface area contributed by atoms with Gasteiger partial charge in [-0.3, -0.25) is 0 Å². The fraction of sp³-hybridized carbons (Fsp3) is 0.400. The smallest absolute Gasteiger partial charge is 0.489 e. The van der Waals surface area contributed by atoms with Crippen LogP contribution in [0.3, 0.4) is 0 Å². The monoisotopic (exact) mass is 339 g/mol. The molecule has 0 atom stereocenters. The fourth-order valence-electron chi connectivity index (χ4n) is 2.65. The van der Waals surface area contributed by atoms with Gasteiger partial charge in [-0.2, -0.15) is 0 Å². The number of ether oxygens (including phenoxy) is 1. The molecule has 0 aliphatic carbocycles. The van der Waals surface area contributed by atoms with Gasteiger partial charge in [-0.05, 0) is 69.4 Å². The Morgan fingerprint density at radius 3 is 2.12 bits per heavy atom. The molecule has 2 aromatic rings. The first-order chi connectivity index (χ1) is 11.7. The summed E-state index contributed by atoms with van der Waals surface area (Å²) < 4.78 is 18.0. The molecule has 1 saturated heterocycles. The van der Waals surface area contributed by atoms with Gasteiger partial charge in [0.15, 0.2) is 0 Å². The lowest BCUT2D eigenvalue weighted by Gasteiger charge is -2.32. The third-order valence-electron chi connectivity index (χ3n) is 5.15. The zero-order valence-corrected chi connectivity index (χ0v) is 15.6. The van der Waals surface area contributed by atoms with Crippen molar-refractivity contribution in [1.29, 1.82) is 0 Å². The minimum absolute atomic E-state index is 0.327. The van der Waals surface area contributed by atoms with E-state index in [2.05, 4.69) is 27.7 Å². The minimum Gasteiger partial charge on any atom is -0.489 e. The van der Waals surface area contributed by atoms with E-state index in [1.54, 1.807) is 0 Å². The van der Waals surface area contributed by atoms with E-state index in [0.717, 1.165) is 28.0 Å². The number of nitrogen functional groups attached to an aromatic ring is 1. The number of rotatable bonds is 4. The van der Waals surface area contributed by atoms with Gasteiger partial charge in [0.05, 0.1) is 11.2 Å². The highest BCUT2D eigenvalue weighted by atomic mass is 16.7. The maximum Gasteiger partial charge on any atom is 0.494 e. The van der Waals surface area contributed by atoms with Gasteiger partial charge in [-0.15, -0.1) is 0 Å². The summed E-state index contributed by atoms with van der Waals surface area (Å²) in [6.45, 7) is 10.7. The molecule has 0 aromatic heterocycles. The molecule has 0 amide bonds. The second-order valence-electron chi connectivity index (χ2n) is 7.64. The second kappa shape index (κ2) is 6.39. The molecule has 132 valence electrons. The van der Waals surface area contributed by atoms with Gasteiger partial charge in [0, 0.05) is 5.69 Å². The molecule has 0 unspecified atom stereocenters. The third kappa shape index (κ3) is 3.67. The second-order valence-corrected chi connectivity index (χ2v) is 7.64. The zero-order valence-electron chi connectivity index (χ0n) is 15.6. The van der Waals surface area contributed by atoms with Crippen molar-refractivity contribution in [3.63, 3.8) is 0 Å². The van der Waals surface area contributed by atoms with Gasteiger partial charge >= 0.3 is 7.12 Å². The van der Waals surface area contributed by atoms with Gasteiger partial charge in [0.25, 0.3) is 0 Å². The normalized spacial score (nSPS) is 18.4. The first-order valence-electron chi connectivity index (χ1n) is 8.61. The highest BCUT2D eigenvalue weighted by Crippen LogP contribution is 2.36. The van der Waals surface area contributed by atoms with Crippen LogP contribution in [-0.2, 0) is 15.9 Å². The average Bonchev–Trinajstić information content (AvgIpc) is 2.77. The highest BCUT2D eigenvalue weighted by Gasteiger charge is 2.51. The predicted octanol–water partition coefficient (Wildman–Crippen LogP) is 3.46. The van der Waals surface area contributed by atoms with E-state index < -0.39 is 0 Å². The third-order valence-corrected chi connectivity index (χ3v) is 5.15. The minimum atomic E-state index is -0.334. The number of nitrogens with two attached hydrogens (primary N) is 1. The summed E-state index contributed by atoms with van der Waals surface area (Å²) in [6, 6.07) is 13.9. The molecule has 2 aromatic carbocycles. The number of aryl methyl sites for hydroxylation is 1. The van der Waals surface area contributed by atoms with E-state index >= 15 is 0 Å². The highest BCUT2D eigenvalue weighted by molar-refractivity contribution is 6.62. The van der Waals surface area contributed by atoms with Crippen molar-refractivity contribution < 1.29 is 14.0 Å². The van der Waals surface area contributed by atoms with Crippen molar-refractivity contribution in [2.75, 3.05) is 5.73 Å². The van der Waals surface area contributed by atoms with Crippen LogP contribution in [0.1, 0.15) is 38.8 Å². The molecular formula is C20H26BNO3. The predicted molar refractivity (Wildman–Crippen MR) is 102 cm³/mol. The first kappa shape index (κ1) is 17.8. The van der Waals surface area contributed by atoms with Crippen molar-refractivity contribution in [1.82, 2.24) is 0 Å². The summed E-state index contributed by atoms with van der Waals surface area (Å²) >= 11 is 0. The van der Waals surface area contributed by atoms with Crippen LogP contribution in [0.5, 0.6) is 5.75 Å². The Morgan fingerprint density at radius 2 is 1.56 bits per heavy atom. The summed E-state index contributed by atoms with van der Waals surface area (Å²) in [5, 5.41) is 0. The molecule has 0 radical (unpaired) electrons. The number of benzene rings is 2. The lowest BCUT2D eigenvalue weighted by Crippen LogP contribution is -2.41. The maximum absolute atomic E-state index is 6.08. The maximum atomic E-state index is 6.08. The molecule has 1 heterocycles. The first-order valence-corrected chi connectivity index (χ1v) is 8.61. The molecule has 25 heavy (non-hydrogen) atoms. The molecule has 1 aliphatic heterocycles. The molecule has 0 spiro atoms. The molecule has 0 bridgehead atoms. The summed E-state index contributed by atoms with van der Waals surface area (Å²) in [5.41, 5.74) is 9.09. The Morgan fingerprint density at radius 1 is 0.960 bits per heavy atom. The topological polar surface area (TPSA) is 53.7 Å². The van der Waals surface area contributed by atoms with Crippen LogP contribution in [0.15, 0.2) is 42.5 Å². The molecular weight excluding hydrogens is 313 g/mol. The van der Waals surface area contributed by atoms with Crippen molar-refractivity contribution in [3.8, 4) is 5.75 Å². The van der Waals surface area contributed by atoms with Crippen LogP contribution in [0.2, 0.25) is 0 Å². The molecule has 2 N–H and O–H groups in total. The van der Waals surface area contributed by atoms with E-state index in [4.69, 9.17) is 19.8 Å². The van der Waals surface area contributed by atoms with E-state index in [0.29, 0.717) is 6.61 Å². The quantitative estimate of drug-likeness (QED) is 0.685. The largest absolute Gasteiger partial charge is 0.494 e. The Balaban J connectivity index is 1.64. The average molecular weight is 339 g/mol. The Hall–Kier alpha value is -1.98. The lowest BCUT2D eigenvalue weighted by molar-refractivity contribution is 0.00578. The van der Waals surface area contributed by atoms with Crippen molar-refractivity contribution in [2.45, 2.75) is 52.4 Å². The van der Waals surface area contributed by atoms with Crippen LogP contribution in [-0.4, -0.2) is 18.3 Å². The van der Waals surface area contributed by atoms with Gasteiger partial charge in [-0.1, -0.05) is 24.3 Å².